The van der Waals surface area contributed by atoms with E-state index in [-0.39, 0.29) is 24.8 Å². The van der Waals surface area contributed by atoms with Crippen LogP contribution in [-0.4, -0.2) is 33.7 Å². The summed E-state index contributed by atoms with van der Waals surface area (Å²) in [6.07, 6.45) is 3.37. The largest absolute Gasteiger partial charge is 0.467 e. The number of benzene rings is 1. The second kappa shape index (κ2) is 7.22. The van der Waals surface area contributed by atoms with Crippen LogP contribution in [0.4, 0.5) is 0 Å². The zero-order valence-electron chi connectivity index (χ0n) is 15.3. The molecule has 0 aliphatic carbocycles. The number of furan rings is 1. The van der Waals surface area contributed by atoms with Crippen LogP contribution in [0.1, 0.15) is 22.5 Å². The molecule has 1 fully saturated rings. The molecule has 1 saturated heterocycles. The van der Waals surface area contributed by atoms with Gasteiger partial charge in [0, 0.05) is 37.1 Å². The van der Waals surface area contributed by atoms with Gasteiger partial charge in [-0.05, 0) is 18.2 Å². The normalized spacial score (nSPS) is 16.5. The van der Waals surface area contributed by atoms with E-state index >= 15 is 0 Å². The van der Waals surface area contributed by atoms with Gasteiger partial charge in [0.1, 0.15) is 5.76 Å². The minimum Gasteiger partial charge on any atom is -0.467 e. The summed E-state index contributed by atoms with van der Waals surface area (Å²) in [6, 6.07) is 11.1. The van der Waals surface area contributed by atoms with Gasteiger partial charge < -0.3 is 13.9 Å². The fourth-order valence-electron chi connectivity index (χ4n) is 3.50. The zero-order valence-corrected chi connectivity index (χ0v) is 15.3. The molecule has 1 atom stereocenters. The van der Waals surface area contributed by atoms with Gasteiger partial charge in [0.05, 0.1) is 24.3 Å². The number of nitrogens with one attached hydrogen (secondary N) is 2. The van der Waals surface area contributed by atoms with Crippen molar-refractivity contribution in [3.63, 3.8) is 0 Å². The minimum absolute atomic E-state index is 0.108. The first-order valence-corrected chi connectivity index (χ1v) is 8.97. The van der Waals surface area contributed by atoms with Crippen molar-refractivity contribution < 1.29 is 18.8 Å². The van der Waals surface area contributed by atoms with Gasteiger partial charge in [-0.3, -0.25) is 25.2 Å². The number of aromatic nitrogens is 1. The van der Waals surface area contributed by atoms with Crippen LogP contribution >= 0.6 is 0 Å². The lowest BCUT2D eigenvalue weighted by Crippen LogP contribution is -2.45. The highest BCUT2D eigenvalue weighted by Crippen LogP contribution is 2.21. The number of carbonyl (C=O) groups is 3. The molecule has 144 valence electrons. The number of hydrogen-bond acceptors (Lipinski definition) is 4. The fraction of sp³-hybridized carbons (Fsp3) is 0.250. The van der Waals surface area contributed by atoms with Crippen molar-refractivity contribution in [2.45, 2.75) is 13.0 Å². The highest BCUT2D eigenvalue weighted by atomic mass is 16.3. The average molecular weight is 380 g/mol. The topological polar surface area (TPSA) is 96.6 Å². The summed E-state index contributed by atoms with van der Waals surface area (Å²) in [4.78, 5) is 38.6. The molecule has 1 aromatic carbocycles. The first kappa shape index (κ1) is 17.8. The maximum absolute atomic E-state index is 12.5. The number of aryl methyl sites for hydroxylation is 1. The Kier molecular flexibility index (Phi) is 4.60. The van der Waals surface area contributed by atoms with Gasteiger partial charge in [0.15, 0.2) is 0 Å². The molecule has 3 heterocycles. The Bertz CT molecular complexity index is 1040. The molecule has 3 amide bonds. The molecule has 4 rings (SSSR count). The average Bonchev–Trinajstić information content (AvgIpc) is 3.41. The van der Waals surface area contributed by atoms with Gasteiger partial charge in [-0.1, -0.05) is 18.2 Å². The van der Waals surface area contributed by atoms with E-state index in [9.17, 15) is 14.4 Å². The van der Waals surface area contributed by atoms with Crippen molar-refractivity contribution in [2.75, 3.05) is 6.54 Å². The van der Waals surface area contributed by atoms with E-state index in [0.29, 0.717) is 17.9 Å². The summed E-state index contributed by atoms with van der Waals surface area (Å²) >= 11 is 0. The molecule has 0 radical (unpaired) electrons. The van der Waals surface area contributed by atoms with E-state index in [2.05, 4.69) is 10.9 Å². The number of fused-ring (bicyclic) bond motifs is 1. The molecule has 8 heteroatoms. The van der Waals surface area contributed by atoms with Crippen LogP contribution in [-0.2, 0) is 23.2 Å². The summed E-state index contributed by atoms with van der Waals surface area (Å²) in [7, 11) is 1.86. The SMILES string of the molecule is Cn1cc(C(=O)NNC(=O)C2CC(=O)N(Cc3ccco3)C2)c2ccccc21. The number of carbonyl (C=O) groups excluding carboxylic acids is 3. The molecule has 0 saturated carbocycles. The van der Waals surface area contributed by atoms with E-state index in [4.69, 9.17) is 4.42 Å². The van der Waals surface area contributed by atoms with E-state index < -0.39 is 11.8 Å². The molecule has 28 heavy (non-hydrogen) atoms. The molecular weight excluding hydrogens is 360 g/mol. The Labute approximate surface area is 161 Å². The van der Waals surface area contributed by atoms with Crippen LogP contribution in [0, 0.1) is 5.92 Å². The Hall–Kier alpha value is -3.55. The lowest BCUT2D eigenvalue weighted by atomic mass is 10.1. The third-order valence-corrected chi connectivity index (χ3v) is 4.95. The number of hydrazine groups is 1. The Morgan fingerprint density at radius 1 is 1.18 bits per heavy atom. The summed E-state index contributed by atoms with van der Waals surface area (Å²) < 4.78 is 7.11. The van der Waals surface area contributed by atoms with Crippen molar-refractivity contribution in [1.29, 1.82) is 0 Å². The Morgan fingerprint density at radius 3 is 2.79 bits per heavy atom. The lowest BCUT2D eigenvalue weighted by molar-refractivity contribution is -0.129. The van der Waals surface area contributed by atoms with Crippen molar-refractivity contribution in [2.24, 2.45) is 13.0 Å². The molecule has 3 aromatic rings. The first-order chi connectivity index (χ1) is 13.5. The van der Waals surface area contributed by atoms with Gasteiger partial charge in [-0.2, -0.15) is 0 Å². The standard InChI is InChI=1S/C20H20N4O4/c1-23-12-16(15-6-2-3-7-17(15)23)20(27)22-21-19(26)13-9-18(25)24(10-13)11-14-5-4-8-28-14/h2-8,12-13H,9-11H2,1H3,(H,21,26)(H,22,27). The maximum atomic E-state index is 12.5. The number of likely N-dealkylation sites (tertiary alicyclic amines) is 1. The predicted octanol–water partition coefficient (Wildman–Crippen LogP) is 1.58. The van der Waals surface area contributed by atoms with Crippen LogP contribution < -0.4 is 10.9 Å². The molecule has 1 aliphatic heterocycles. The molecule has 1 aliphatic rings. The van der Waals surface area contributed by atoms with Gasteiger partial charge in [-0.15, -0.1) is 0 Å². The number of nitrogens with zero attached hydrogens (tertiary/aromatic N) is 2. The minimum atomic E-state index is -0.518. The summed E-state index contributed by atoms with van der Waals surface area (Å²) in [5.41, 5.74) is 6.30. The molecule has 2 aromatic heterocycles. The van der Waals surface area contributed by atoms with Gasteiger partial charge in [0.25, 0.3) is 5.91 Å². The van der Waals surface area contributed by atoms with E-state index in [1.54, 1.807) is 29.5 Å². The van der Waals surface area contributed by atoms with Gasteiger partial charge in [-0.25, -0.2) is 0 Å². The monoisotopic (exact) mass is 380 g/mol. The maximum Gasteiger partial charge on any atom is 0.271 e. The number of amides is 3. The van der Waals surface area contributed by atoms with Crippen molar-refractivity contribution in [3.05, 3.63) is 60.2 Å². The second-order valence-electron chi connectivity index (χ2n) is 6.87. The Balaban J connectivity index is 1.36. The number of rotatable bonds is 4. The lowest BCUT2D eigenvalue weighted by Gasteiger charge is -2.15. The van der Waals surface area contributed by atoms with Crippen LogP contribution in [0.25, 0.3) is 10.9 Å². The van der Waals surface area contributed by atoms with Crippen LogP contribution in [0.15, 0.2) is 53.3 Å². The summed E-state index contributed by atoms with van der Waals surface area (Å²) in [5, 5.41) is 0.803. The molecule has 8 nitrogen and oxygen atoms in total. The number of hydrogen-bond donors (Lipinski definition) is 2. The van der Waals surface area contributed by atoms with Crippen LogP contribution in [0.5, 0.6) is 0 Å². The highest BCUT2D eigenvalue weighted by molar-refractivity contribution is 6.07. The summed E-state index contributed by atoms with van der Waals surface area (Å²) in [5.74, 6) is -0.753. The van der Waals surface area contributed by atoms with E-state index in [1.165, 1.54) is 0 Å². The van der Waals surface area contributed by atoms with Gasteiger partial charge in [0.2, 0.25) is 11.8 Å². The first-order valence-electron chi connectivity index (χ1n) is 8.97. The Morgan fingerprint density at radius 2 is 2.00 bits per heavy atom. The zero-order chi connectivity index (χ0) is 19.7. The summed E-state index contributed by atoms with van der Waals surface area (Å²) in [6.45, 7) is 0.619. The molecule has 0 spiro atoms. The van der Waals surface area contributed by atoms with Gasteiger partial charge >= 0.3 is 0 Å². The highest BCUT2D eigenvalue weighted by Gasteiger charge is 2.34. The number of para-hydroxylation sites is 1. The predicted molar refractivity (Wildman–Crippen MR) is 101 cm³/mol. The molecule has 2 N–H and O–H groups in total. The van der Waals surface area contributed by atoms with Crippen LogP contribution in [0.2, 0.25) is 0 Å². The second-order valence-corrected chi connectivity index (χ2v) is 6.87. The smallest absolute Gasteiger partial charge is 0.271 e. The van der Waals surface area contributed by atoms with Crippen LogP contribution in [0.3, 0.4) is 0 Å². The third kappa shape index (κ3) is 3.36. The molecule has 1 unspecified atom stereocenters. The molecule has 0 bridgehead atoms. The quantitative estimate of drug-likeness (QED) is 0.672. The van der Waals surface area contributed by atoms with E-state index in [0.717, 1.165) is 10.9 Å². The fourth-order valence-corrected chi connectivity index (χ4v) is 3.50. The third-order valence-electron chi connectivity index (χ3n) is 4.95. The van der Waals surface area contributed by atoms with Crippen molar-refractivity contribution in [1.82, 2.24) is 20.3 Å². The molecular formula is C20H20N4O4. The van der Waals surface area contributed by atoms with Crippen molar-refractivity contribution >= 4 is 28.6 Å². The van der Waals surface area contributed by atoms with Crippen molar-refractivity contribution in [3.8, 4) is 0 Å². The van der Waals surface area contributed by atoms with E-state index in [1.807, 2.05) is 35.9 Å².